The van der Waals surface area contributed by atoms with E-state index in [0.29, 0.717) is 29.6 Å². The molecule has 1 unspecified atom stereocenters. The number of carbonyl (C=O) groups is 1. The van der Waals surface area contributed by atoms with Crippen LogP contribution in [0, 0.1) is 6.92 Å². The number of nitrogens with zero attached hydrogens (tertiary/aromatic N) is 3. The highest BCUT2D eigenvalue weighted by atomic mass is 79.9. The van der Waals surface area contributed by atoms with E-state index >= 15 is 0 Å². The molecule has 2 aromatic rings. The molecule has 10 heteroatoms. The first-order chi connectivity index (χ1) is 13.3. The van der Waals surface area contributed by atoms with Crippen LogP contribution < -0.4 is 5.32 Å². The van der Waals surface area contributed by atoms with Crippen molar-refractivity contribution in [3.63, 3.8) is 0 Å². The van der Waals surface area contributed by atoms with Crippen LogP contribution in [-0.2, 0) is 21.2 Å². The van der Waals surface area contributed by atoms with E-state index in [9.17, 15) is 13.2 Å². The number of aromatic nitrogens is 3. The number of anilines is 1. The van der Waals surface area contributed by atoms with Crippen molar-refractivity contribution in [1.82, 2.24) is 14.8 Å². The SMILES string of the molecule is C=CCn1c(SCC(=O)Nc2ccc(C)cc2Br)nnc1C1CCS(=O)(=O)C1. The summed E-state index contributed by atoms with van der Waals surface area (Å²) in [5, 5.41) is 11.8. The number of aryl methyl sites for hydroxylation is 1. The summed E-state index contributed by atoms with van der Waals surface area (Å²) in [6, 6.07) is 5.71. The van der Waals surface area contributed by atoms with Crippen LogP contribution in [0.25, 0.3) is 0 Å². The lowest BCUT2D eigenvalue weighted by Gasteiger charge is -2.11. The van der Waals surface area contributed by atoms with E-state index in [0.717, 1.165) is 10.0 Å². The van der Waals surface area contributed by atoms with E-state index in [1.165, 1.54) is 11.8 Å². The van der Waals surface area contributed by atoms with Crippen molar-refractivity contribution in [2.24, 2.45) is 0 Å². The molecule has 2 heterocycles. The van der Waals surface area contributed by atoms with Crippen molar-refractivity contribution in [2.45, 2.75) is 31.0 Å². The molecular formula is C18H21BrN4O3S2. The van der Waals surface area contributed by atoms with Gasteiger partial charge >= 0.3 is 0 Å². The number of hydrogen-bond donors (Lipinski definition) is 1. The van der Waals surface area contributed by atoms with Crippen LogP contribution in [0.3, 0.4) is 0 Å². The van der Waals surface area contributed by atoms with Crippen LogP contribution in [0.4, 0.5) is 5.69 Å². The van der Waals surface area contributed by atoms with Crippen molar-refractivity contribution < 1.29 is 13.2 Å². The van der Waals surface area contributed by atoms with Crippen molar-refractivity contribution in [3.8, 4) is 0 Å². The zero-order valence-electron chi connectivity index (χ0n) is 15.4. The van der Waals surface area contributed by atoms with Crippen LogP contribution >= 0.6 is 27.7 Å². The second-order valence-electron chi connectivity index (χ2n) is 6.66. The highest BCUT2D eigenvalue weighted by Crippen LogP contribution is 2.30. The lowest BCUT2D eigenvalue weighted by atomic mass is 10.1. The standard InChI is InChI=1S/C18H21BrN4O3S2/c1-3-7-23-17(13-6-8-28(25,26)11-13)21-22-18(23)27-10-16(24)20-15-5-4-12(2)9-14(15)19/h3-5,9,13H,1,6-8,10-11H2,2H3,(H,20,24). The molecule has 1 atom stereocenters. The number of carbonyl (C=O) groups excluding carboxylic acids is 1. The van der Waals surface area contributed by atoms with Gasteiger partial charge in [0.1, 0.15) is 5.82 Å². The number of halogens is 1. The first-order valence-corrected chi connectivity index (χ1v) is 12.3. The summed E-state index contributed by atoms with van der Waals surface area (Å²) in [6.07, 6.45) is 2.26. The van der Waals surface area contributed by atoms with E-state index in [1.54, 1.807) is 6.08 Å². The second-order valence-corrected chi connectivity index (χ2v) is 10.7. The molecule has 1 aliphatic heterocycles. The third-order valence-corrected chi connectivity index (χ3v) is 7.78. The van der Waals surface area contributed by atoms with Crippen molar-refractivity contribution in [2.75, 3.05) is 22.6 Å². The summed E-state index contributed by atoms with van der Waals surface area (Å²) < 4.78 is 26.2. The van der Waals surface area contributed by atoms with E-state index < -0.39 is 9.84 Å². The Morgan fingerprint density at radius 1 is 1.46 bits per heavy atom. The van der Waals surface area contributed by atoms with Crippen molar-refractivity contribution in [1.29, 1.82) is 0 Å². The van der Waals surface area contributed by atoms with Gasteiger partial charge in [-0.05, 0) is 47.0 Å². The molecule has 3 rings (SSSR count). The van der Waals surface area contributed by atoms with Gasteiger partial charge in [0.2, 0.25) is 5.91 Å². The van der Waals surface area contributed by atoms with Gasteiger partial charge in [-0.3, -0.25) is 4.79 Å². The Morgan fingerprint density at radius 3 is 2.89 bits per heavy atom. The van der Waals surface area contributed by atoms with Crippen molar-refractivity contribution >= 4 is 49.1 Å². The highest BCUT2D eigenvalue weighted by molar-refractivity contribution is 9.10. The number of sulfone groups is 1. The van der Waals surface area contributed by atoms with E-state index in [1.807, 2.05) is 29.7 Å². The fourth-order valence-corrected chi connectivity index (χ4v) is 6.13. The molecule has 1 amide bonds. The van der Waals surface area contributed by atoms with Gasteiger partial charge in [-0.2, -0.15) is 0 Å². The quantitative estimate of drug-likeness (QED) is 0.479. The van der Waals surface area contributed by atoms with Crippen LogP contribution in [0.2, 0.25) is 0 Å². The molecule has 0 bridgehead atoms. The minimum Gasteiger partial charge on any atom is -0.324 e. The monoisotopic (exact) mass is 484 g/mol. The fourth-order valence-electron chi connectivity index (χ4n) is 3.05. The molecule has 150 valence electrons. The van der Waals surface area contributed by atoms with E-state index in [4.69, 9.17) is 0 Å². The molecule has 0 spiro atoms. The Kier molecular flexibility index (Phi) is 6.61. The van der Waals surface area contributed by atoms with Gasteiger partial charge in [-0.25, -0.2) is 8.42 Å². The number of thioether (sulfide) groups is 1. The number of rotatable bonds is 7. The Labute approximate surface area is 177 Å². The fraction of sp³-hybridized carbons (Fsp3) is 0.389. The van der Waals surface area contributed by atoms with Crippen LogP contribution in [-0.4, -0.2) is 46.3 Å². The molecule has 1 aromatic heterocycles. The van der Waals surface area contributed by atoms with Gasteiger partial charge < -0.3 is 9.88 Å². The molecule has 28 heavy (non-hydrogen) atoms. The zero-order valence-corrected chi connectivity index (χ0v) is 18.6. The molecular weight excluding hydrogens is 464 g/mol. The van der Waals surface area contributed by atoms with E-state index in [-0.39, 0.29) is 29.1 Å². The normalized spacial score (nSPS) is 18.1. The summed E-state index contributed by atoms with van der Waals surface area (Å²) in [7, 11) is -3.02. The predicted molar refractivity (Wildman–Crippen MR) is 114 cm³/mol. The lowest BCUT2D eigenvalue weighted by molar-refractivity contribution is -0.113. The third-order valence-electron chi connectivity index (χ3n) is 4.39. The molecule has 1 N–H and O–H groups in total. The van der Waals surface area contributed by atoms with Crippen LogP contribution in [0.15, 0.2) is 40.5 Å². The Morgan fingerprint density at radius 2 is 2.25 bits per heavy atom. The third kappa shape index (κ3) is 5.03. The minimum absolute atomic E-state index is 0.0921. The number of amides is 1. The summed E-state index contributed by atoms with van der Waals surface area (Å²) in [5.41, 5.74) is 1.80. The van der Waals surface area contributed by atoms with Gasteiger partial charge in [0, 0.05) is 16.9 Å². The minimum atomic E-state index is -3.02. The Balaban J connectivity index is 1.68. The summed E-state index contributed by atoms with van der Waals surface area (Å²) in [6.45, 7) is 6.20. The van der Waals surface area contributed by atoms with Gasteiger partial charge in [0.25, 0.3) is 0 Å². The number of nitrogens with one attached hydrogen (secondary N) is 1. The second kappa shape index (κ2) is 8.79. The molecule has 0 radical (unpaired) electrons. The van der Waals surface area contributed by atoms with Crippen LogP contribution in [0.1, 0.15) is 23.7 Å². The number of benzene rings is 1. The molecule has 7 nitrogen and oxygen atoms in total. The summed E-state index contributed by atoms with van der Waals surface area (Å²) >= 11 is 4.71. The smallest absolute Gasteiger partial charge is 0.234 e. The average Bonchev–Trinajstić information content (AvgIpc) is 3.19. The molecule has 1 aromatic carbocycles. The number of allylic oxidation sites excluding steroid dienone is 1. The summed E-state index contributed by atoms with van der Waals surface area (Å²) in [5.74, 6) is 0.754. The lowest BCUT2D eigenvalue weighted by Crippen LogP contribution is -2.15. The summed E-state index contributed by atoms with van der Waals surface area (Å²) in [4.78, 5) is 12.3. The van der Waals surface area contributed by atoms with Gasteiger partial charge in [-0.15, -0.1) is 16.8 Å². The van der Waals surface area contributed by atoms with Gasteiger partial charge in [0.05, 0.1) is 22.9 Å². The molecule has 1 fully saturated rings. The Bertz CT molecular complexity index is 1000. The van der Waals surface area contributed by atoms with Crippen LogP contribution in [0.5, 0.6) is 0 Å². The van der Waals surface area contributed by atoms with Gasteiger partial charge in [-0.1, -0.05) is 23.9 Å². The largest absolute Gasteiger partial charge is 0.324 e. The zero-order chi connectivity index (χ0) is 20.3. The molecule has 1 saturated heterocycles. The molecule has 0 aliphatic carbocycles. The van der Waals surface area contributed by atoms with Crippen molar-refractivity contribution in [3.05, 3.63) is 46.7 Å². The topological polar surface area (TPSA) is 93.9 Å². The maximum Gasteiger partial charge on any atom is 0.234 e. The first-order valence-electron chi connectivity index (χ1n) is 8.72. The molecule has 1 aliphatic rings. The maximum absolute atomic E-state index is 12.3. The predicted octanol–water partition coefficient (Wildman–Crippen LogP) is 3.17. The van der Waals surface area contributed by atoms with Gasteiger partial charge in [0.15, 0.2) is 15.0 Å². The molecule has 0 saturated carbocycles. The maximum atomic E-state index is 12.3. The average molecular weight is 485 g/mol. The number of hydrogen-bond acceptors (Lipinski definition) is 6. The Hall–Kier alpha value is -1.65. The highest BCUT2D eigenvalue weighted by Gasteiger charge is 2.33. The first kappa shape index (κ1) is 21.1. The van der Waals surface area contributed by atoms with E-state index in [2.05, 4.69) is 38.0 Å².